The van der Waals surface area contributed by atoms with Crippen molar-refractivity contribution < 1.29 is 0 Å². The molecule has 2 unspecified atom stereocenters. The Morgan fingerprint density at radius 1 is 1.19 bits per heavy atom. The van der Waals surface area contributed by atoms with Crippen molar-refractivity contribution in [2.45, 2.75) is 78.4 Å². The molecular weight excluding hydrogens is 196 g/mol. The molecule has 0 bridgehead atoms. The monoisotopic (exact) mass is 228 g/mol. The zero-order valence-corrected chi connectivity index (χ0v) is 12.2. The predicted octanol–water partition coefficient (Wildman–Crippen LogP) is 3.27. The zero-order valence-electron chi connectivity index (χ0n) is 12.2. The maximum absolute atomic E-state index is 3.66. The Kier molecular flexibility index (Phi) is 8.96. The van der Waals surface area contributed by atoms with Crippen LogP contribution in [0.2, 0.25) is 0 Å². The van der Waals surface area contributed by atoms with Crippen LogP contribution in [0.5, 0.6) is 0 Å². The highest BCUT2D eigenvalue weighted by Crippen LogP contribution is 2.18. The lowest BCUT2D eigenvalue weighted by Crippen LogP contribution is -2.35. The largest absolute Gasteiger partial charge is 0.312 e. The highest BCUT2D eigenvalue weighted by atomic mass is 15.1. The molecule has 1 aliphatic heterocycles. The molecule has 0 amide bonds. The summed E-state index contributed by atoms with van der Waals surface area (Å²) in [5, 5.41) is 3.66. The lowest BCUT2D eigenvalue weighted by molar-refractivity contribution is 0.240. The van der Waals surface area contributed by atoms with E-state index in [-0.39, 0.29) is 0 Å². The van der Waals surface area contributed by atoms with Gasteiger partial charge in [0.1, 0.15) is 0 Å². The molecule has 0 aromatic heterocycles. The summed E-state index contributed by atoms with van der Waals surface area (Å²) in [5.74, 6) is 0. The van der Waals surface area contributed by atoms with Gasteiger partial charge in [-0.3, -0.25) is 0 Å². The molecule has 1 saturated heterocycles. The highest BCUT2D eigenvalue weighted by Gasteiger charge is 2.21. The normalized spacial score (nSPS) is 27.2. The van der Waals surface area contributed by atoms with Gasteiger partial charge in [0, 0.05) is 18.1 Å². The first-order valence-electron chi connectivity index (χ1n) is 7.09. The van der Waals surface area contributed by atoms with E-state index in [0.29, 0.717) is 6.04 Å². The van der Waals surface area contributed by atoms with E-state index in [2.05, 4.69) is 38.0 Å². The molecule has 0 aliphatic carbocycles. The quantitative estimate of drug-likeness (QED) is 0.797. The number of rotatable bonds is 3. The third kappa shape index (κ3) is 5.86. The molecule has 1 heterocycles. The summed E-state index contributed by atoms with van der Waals surface area (Å²) < 4.78 is 0. The lowest BCUT2D eigenvalue weighted by Gasteiger charge is -2.23. The van der Waals surface area contributed by atoms with Crippen LogP contribution >= 0.6 is 0 Å². The molecule has 1 rings (SSSR count). The molecule has 0 radical (unpaired) electrons. The van der Waals surface area contributed by atoms with Crippen LogP contribution in [0.3, 0.4) is 0 Å². The van der Waals surface area contributed by atoms with E-state index in [1.165, 1.54) is 32.2 Å². The third-order valence-corrected chi connectivity index (χ3v) is 3.34. The highest BCUT2D eigenvalue weighted by molar-refractivity contribution is 4.80. The van der Waals surface area contributed by atoms with E-state index in [1.807, 2.05) is 13.8 Å². The zero-order chi connectivity index (χ0) is 12.6. The topological polar surface area (TPSA) is 15.3 Å². The molecule has 0 saturated carbocycles. The van der Waals surface area contributed by atoms with E-state index >= 15 is 0 Å². The van der Waals surface area contributed by atoms with E-state index in [4.69, 9.17) is 0 Å². The molecule has 0 aromatic rings. The van der Waals surface area contributed by atoms with Crippen molar-refractivity contribution >= 4 is 0 Å². The Morgan fingerprint density at radius 2 is 1.81 bits per heavy atom. The Balaban J connectivity index is 0.00000106. The van der Waals surface area contributed by atoms with Crippen molar-refractivity contribution in [3.63, 3.8) is 0 Å². The van der Waals surface area contributed by atoms with E-state index < -0.39 is 0 Å². The number of hydrogen-bond acceptors (Lipinski definition) is 2. The fourth-order valence-electron chi connectivity index (χ4n) is 2.45. The van der Waals surface area contributed by atoms with Gasteiger partial charge in [0.2, 0.25) is 0 Å². The Morgan fingerprint density at radius 3 is 2.31 bits per heavy atom. The van der Waals surface area contributed by atoms with Gasteiger partial charge in [0.25, 0.3) is 0 Å². The summed E-state index contributed by atoms with van der Waals surface area (Å²) in [6, 6.07) is 2.19. The molecule has 2 atom stereocenters. The van der Waals surface area contributed by atoms with Crippen LogP contribution in [0.25, 0.3) is 0 Å². The van der Waals surface area contributed by atoms with Gasteiger partial charge in [-0.1, -0.05) is 34.6 Å². The number of likely N-dealkylation sites (tertiary alicyclic amines) is 1. The summed E-state index contributed by atoms with van der Waals surface area (Å²) in [5.41, 5.74) is 0. The van der Waals surface area contributed by atoms with Gasteiger partial charge in [-0.25, -0.2) is 0 Å². The number of nitrogens with one attached hydrogen (secondary N) is 1. The van der Waals surface area contributed by atoms with Crippen LogP contribution < -0.4 is 5.32 Å². The SMILES string of the molecule is CC.CCC1CCC(NC(C)C)CCN1C. The molecule has 1 N–H and O–H groups in total. The first kappa shape index (κ1) is 15.9. The molecule has 98 valence electrons. The second kappa shape index (κ2) is 9.00. The second-order valence-electron chi connectivity index (χ2n) is 4.93. The van der Waals surface area contributed by atoms with Crippen molar-refractivity contribution in [3.8, 4) is 0 Å². The van der Waals surface area contributed by atoms with Gasteiger partial charge < -0.3 is 10.2 Å². The molecule has 2 heteroatoms. The van der Waals surface area contributed by atoms with Crippen LogP contribution in [0.15, 0.2) is 0 Å². The minimum Gasteiger partial charge on any atom is -0.312 e. The number of nitrogens with zero attached hydrogens (tertiary/aromatic N) is 1. The van der Waals surface area contributed by atoms with Crippen molar-refractivity contribution in [1.82, 2.24) is 10.2 Å². The average molecular weight is 228 g/mol. The summed E-state index contributed by atoms with van der Waals surface area (Å²) in [7, 11) is 2.27. The molecule has 16 heavy (non-hydrogen) atoms. The van der Waals surface area contributed by atoms with Crippen molar-refractivity contribution in [3.05, 3.63) is 0 Å². The van der Waals surface area contributed by atoms with Gasteiger partial charge in [0.15, 0.2) is 0 Å². The smallest absolute Gasteiger partial charge is 0.00901 e. The minimum absolute atomic E-state index is 0.628. The first-order valence-corrected chi connectivity index (χ1v) is 7.09. The predicted molar refractivity (Wildman–Crippen MR) is 74.0 cm³/mol. The molecule has 0 spiro atoms. The molecule has 1 fully saturated rings. The van der Waals surface area contributed by atoms with E-state index in [0.717, 1.165) is 12.1 Å². The summed E-state index contributed by atoms with van der Waals surface area (Å²) >= 11 is 0. The second-order valence-corrected chi connectivity index (χ2v) is 4.93. The van der Waals surface area contributed by atoms with Crippen LogP contribution in [-0.4, -0.2) is 36.6 Å². The molecule has 2 nitrogen and oxygen atoms in total. The summed E-state index contributed by atoms with van der Waals surface area (Å²) in [4.78, 5) is 2.53. The van der Waals surface area contributed by atoms with Gasteiger partial charge in [0.05, 0.1) is 0 Å². The van der Waals surface area contributed by atoms with E-state index in [9.17, 15) is 0 Å². The molecule has 0 aromatic carbocycles. The van der Waals surface area contributed by atoms with Gasteiger partial charge in [-0.2, -0.15) is 0 Å². The van der Waals surface area contributed by atoms with Gasteiger partial charge >= 0.3 is 0 Å². The van der Waals surface area contributed by atoms with Crippen LogP contribution in [0.4, 0.5) is 0 Å². The Bertz CT molecular complexity index is 157. The van der Waals surface area contributed by atoms with E-state index in [1.54, 1.807) is 0 Å². The Labute approximate surface area is 103 Å². The molecule has 1 aliphatic rings. The van der Waals surface area contributed by atoms with Crippen LogP contribution in [-0.2, 0) is 0 Å². The standard InChI is InChI=1S/C12H26N2.C2H6/c1-5-12-7-6-11(13-10(2)3)8-9-14(12)4;1-2/h10-13H,5-9H2,1-4H3;1-2H3. The minimum atomic E-state index is 0.628. The van der Waals surface area contributed by atoms with Crippen molar-refractivity contribution in [1.29, 1.82) is 0 Å². The molecular formula is C14H32N2. The van der Waals surface area contributed by atoms with Gasteiger partial charge in [-0.05, 0) is 39.3 Å². The van der Waals surface area contributed by atoms with Crippen molar-refractivity contribution in [2.24, 2.45) is 0 Å². The number of hydrogen-bond donors (Lipinski definition) is 1. The van der Waals surface area contributed by atoms with Crippen LogP contribution in [0.1, 0.15) is 60.3 Å². The first-order chi connectivity index (χ1) is 7.63. The Hall–Kier alpha value is -0.0800. The summed E-state index contributed by atoms with van der Waals surface area (Å²) in [6.45, 7) is 12.0. The van der Waals surface area contributed by atoms with Gasteiger partial charge in [-0.15, -0.1) is 0 Å². The fraction of sp³-hybridized carbons (Fsp3) is 1.00. The van der Waals surface area contributed by atoms with Crippen molar-refractivity contribution in [2.75, 3.05) is 13.6 Å². The fourth-order valence-corrected chi connectivity index (χ4v) is 2.45. The summed E-state index contributed by atoms with van der Waals surface area (Å²) in [6.07, 6.45) is 5.31. The maximum atomic E-state index is 3.66. The lowest BCUT2D eigenvalue weighted by atomic mass is 10.0. The van der Waals surface area contributed by atoms with Crippen LogP contribution in [0, 0.1) is 0 Å². The third-order valence-electron chi connectivity index (χ3n) is 3.34. The average Bonchev–Trinajstić information content (AvgIpc) is 2.44. The maximum Gasteiger partial charge on any atom is 0.00901 e.